The summed E-state index contributed by atoms with van der Waals surface area (Å²) in [6.45, 7) is 2.26. The predicted octanol–water partition coefficient (Wildman–Crippen LogP) is 3.76. The number of carboxylic acid groups (broad SMARTS) is 1. The zero-order valence-corrected chi connectivity index (χ0v) is 13.1. The van der Waals surface area contributed by atoms with Gasteiger partial charge in [0.1, 0.15) is 0 Å². The van der Waals surface area contributed by atoms with Gasteiger partial charge in [0.05, 0.1) is 5.60 Å². The summed E-state index contributed by atoms with van der Waals surface area (Å²) in [7, 11) is 0. The number of hydrogen-bond donors (Lipinski definition) is 2. The summed E-state index contributed by atoms with van der Waals surface area (Å²) < 4.78 is 0. The normalized spacial score (nSPS) is 42.6. The van der Waals surface area contributed by atoms with Crippen molar-refractivity contribution in [2.75, 3.05) is 0 Å². The molecule has 0 aromatic carbocycles. The lowest BCUT2D eigenvalue weighted by atomic mass is 9.44. The van der Waals surface area contributed by atoms with Crippen LogP contribution in [0, 0.1) is 23.2 Å². The Morgan fingerprint density at radius 1 is 1.29 bits per heavy atom. The van der Waals surface area contributed by atoms with Crippen LogP contribution in [0.1, 0.15) is 64.7 Å². The van der Waals surface area contributed by atoms with Gasteiger partial charge in [0.15, 0.2) is 0 Å². The van der Waals surface area contributed by atoms with Crippen LogP contribution in [0.15, 0.2) is 12.2 Å². The summed E-state index contributed by atoms with van der Waals surface area (Å²) in [4.78, 5) is 10.6. The van der Waals surface area contributed by atoms with Crippen molar-refractivity contribution in [3.63, 3.8) is 0 Å². The molecule has 4 fully saturated rings. The highest BCUT2D eigenvalue weighted by Gasteiger charge is 2.58. The summed E-state index contributed by atoms with van der Waals surface area (Å²) in [6, 6.07) is 0. The molecule has 4 rings (SSSR count). The number of carbonyl (C=O) groups is 1. The second-order valence-electron chi connectivity index (χ2n) is 7.97. The summed E-state index contributed by atoms with van der Waals surface area (Å²) in [6.07, 6.45) is 13.1. The largest absolute Gasteiger partial charge is 0.478 e. The van der Waals surface area contributed by atoms with E-state index in [9.17, 15) is 9.90 Å². The Kier molecular flexibility index (Phi) is 3.89. The Morgan fingerprint density at radius 3 is 2.48 bits per heavy atom. The molecule has 0 aromatic heterocycles. The Morgan fingerprint density at radius 2 is 1.95 bits per heavy atom. The molecule has 0 radical (unpaired) electrons. The fraction of sp³-hybridized carbons (Fsp3) is 0.833. The average molecular weight is 292 g/mol. The van der Waals surface area contributed by atoms with Crippen LogP contribution < -0.4 is 0 Å². The van der Waals surface area contributed by atoms with E-state index in [1.54, 1.807) is 6.08 Å². The molecule has 0 aliphatic heterocycles. The number of aliphatic hydroxyl groups is 1. The third-order valence-electron chi connectivity index (χ3n) is 6.38. The average Bonchev–Trinajstić information content (AvgIpc) is 2.35. The lowest BCUT2D eigenvalue weighted by Crippen LogP contribution is -2.57. The van der Waals surface area contributed by atoms with E-state index < -0.39 is 5.97 Å². The molecule has 4 aliphatic carbocycles. The van der Waals surface area contributed by atoms with E-state index in [1.807, 2.05) is 0 Å². The lowest BCUT2D eigenvalue weighted by molar-refractivity contribution is -0.182. The molecule has 3 atom stereocenters. The van der Waals surface area contributed by atoms with Crippen LogP contribution in [0.25, 0.3) is 0 Å². The van der Waals surface area contributed by atoms with Crippen LogP contribution >= 0.6 is 0 Å². The second kappa shape index (κ2) is 5.42. The molecule has 0 spiro atoms. The third-order valence-corrected chi connectivity index (χ3v) is 6.38. The highest BCUT2D eigenvalue weighted by atomic mass is 16.4. The van der Waals surface area contributed by atoms with Gasteiger partial charge in [0.25, 0.3) is 0 Å². The third kappa shape index (κ3) is 2.90. The van der Waals surface area contributed by atoms with E-state index in [0.717, 1.165) is 50.4 Å². The number of rotatable bonds is 6. The number of aliphatic carboxylic acids is 1. The van der Waals surface area contributed by atoms with Gasteiger partial charge in [0, 0.05) is 6.08 Å². The number of allylic oxidation sites excluding steroid dienone is 1. The monoisotopic (exact) mass is 292 g/mol. The fourth-order valence-electron chi connectivity index (χ4n) is 6.19. The second-order valence-corrected chi connectivity index (χ2v) is 7.97. The van der Waals surface area contributed by atoms with E-state index >= 15 is 0 Å². The van der Waals surface area contributed by atoms with Gasteiger partial charge in [-0.2, -0.15) is 0 Å². The summed E-state index contributed by atoms with van der Waals surface area (Å²) in [5.74, 6) is 1.25. The van der Waals surface area contributed by atoms with Crippen LogP contribution in [0.4, 0.5) is 0 Å². The maximum absolute atomic E-state index is 10.9. The fourth-order valence-corrected chi connectivity index (χ4v) is 6.19. The first-order valence-electron chi connectivity index (χ1n) is 8.56. The maximum Gasteiger partial charge on any atom is 0.327 e. The van der Waals surface area contributed by atoms with Crippen LogP contribution in [-0.2, 0) is 4.79 Å². The summed E-state index contributed by atoms with van der Waals surface area (Å²) >= 11 is 0. The highest BCUT2D eigenvalue weighted by Crippen LogP contribution is 2.65. The first-order valence-corrected chi connectivity index (χ1v) is 8.56. The van der Waals surface area contributed by atoms with Crippen LogP contribution in [0.2, 0.25) is 0 Å². The molecule has 4 aliphatic rings. The minimum atomic E-state index is -0.854. The molecule has 3 nitrogen and oxygen atoms in total. The van der Waals surface area contributed by atoms with Crippen LogP contribution in [-0.4, -0.2) is 21.8 Å². The summed E-state index contributed by atoms with van der Waals surface area (Å²) in [5, 5.41) is 19.5. The van der Waals surface area contributed by atoms with Gasteiger partial charge in [-0.3, -0.25) is 0 Å². The molecular formula is C18H28O3. The van der Waals surface area contributed by atoms with Crippen LogP contribution in [0.3, 0.4) is 0 Å². The molecule has 3 heteroatoms. The number of hydrogen-bond acceptors (Lipinski definition) is 2. The molecule has 0 aromatic rings. The van der Waals surface area contributed by atoms with Crippen molar-refractivity contribution in [2.24, 2.45) is 23.2 Å². The van der Waals surface area contributed by atoms with Gasteiger partial charge < -0.3 is 10.2 Å². The zero-order chi connectivity index (χ0) is 15.1. The lowest BCUT2D eigenvalue weighted by Gasteiger charge is -2.62. The molecule has 0 saturated heterocycles. The molecule has 4 bridgehead atoms. The van der Waals surface area contributed by atoms with Crippen LogP contribution in [0.5, 0.6) is 0 Å². The van der Waals surface area contributed by atoms with Crippen molar-refractivity contribution in [3.8, 4) is 0 Å². The van der Waals surface area contributed by atoms with E-state index in [1.165, 1.54) is 25.3 Å². The molecule has 118 valence electrons. The SMILES string of the molecule is CCC(CCC=CC(=O)O)C12CC3CC(CC(O)(C3)C1)C2. The standard InChI is InChI=1S/C18H28O3/c1-2-15(5-3-4-6-16(19)20)17-8-13-7-14(9-17)11-18(21,10-13)12-17/h4,6,13-15,21H,2-3,5,7-12H2,1H3,(H,19,20). The Labute approximate surface area is 127 Å². The molecule has 3 unspecified atom stereocenters. The van der Waals surface area contributed by atoms with E-state index in [2.05, 4.69) is 6.92 Å². The van der Waals surface area contributed by atoms with Gasteiger partial charge in [-0.15, -0.1) is 0 Å². The van der Waals surface area contributed by atoms with Crippen molar-refractivity contribution in [1.29, 1.82) is 0 Å². The Hall–Kier alpha value is -0.830. The molecular weight excluding hydrogens is 264 g/mol. The van der Waals surface area contributed by atoms with Crippen molar-refractivity contribution in [2.45, 2.75) is 70.3 Å². The Balaban J connectivity index is 1.69. The molecule has 0 heterocycles. The number of carboxylic acids is 1. The van der Waals surface area contributed by atoms with E-state index in [-0.39, 0.29) is 5.60 Å². The molecule has 4 saturated carbocycles. The first kappa shape index (κ1) is 15.1. The van der Waals surface area contributed by atoms with Crippen molar-refractivity contribution in [3.05, 3.63) is 12.2 Å². The van der Waals surface area contributed by atoms with Gasteiger partial charge in [-0.05, 0) is 74.5 Å². The van der Waals surface area contributed by atoms with Gasteiger partial charge in [-0.25, -0.2) is 4.79 Å². The summed E-state index contributed by atoms with van der Waals surface area (Å²) in [5.41, 5.74) is -0.0426. The van der Waals surface area contributed by atoms with E-state index in [4.69, 9.17) is 5.11 Å². The molecule has 2 N–H and O–H groups in total. The maximum atomic E-state index is 10.9. The topological polar surface area (TPSA) is 57.5 Å². The van der Waals surface area contributed by atoms with Gasteiger partial charge >= 0.3 is 5.97 Å². The molecule has 21 heavy (non-hydrogen) atoms. The predicted molar refractivity (Wildman–Crippen MR) is 81.9 cm³/mol. The van der Waals surface area contributed by atoms with Crippen molar-refractivity contribution < 1.29 is 15.0 Å². The zero-order valence-electron chi connectivity index (χ0n) is 13.1. The van der Waals surface area contributed by atoms with Gasteiger partial charge in [0.2, 0.25) is 0 Å². The minimum Gasteiger partial charge on any atom is -0.478 e. The molecule has 0 amide bonds. The van der Waals surface area contributed by atoms with Gasteiger partial charge in [-0.1, -0.05) is 19.4 Å². The first-order chi connectivity index (χ1) is 9.95. The minimum absolute atomic E-state index is 0.338. The van der Waals surface area contributed by atoms with E-state index in [0.29, 0.717) is 11.3 Å². The van der Waals surface area contributed by atoms with Crippen molar-refractivity contribution >= 4 is 5.97 Å². The smallest absolute Gasteiger partial charge is 0.327 e. The Bertz CT molecular complexity index is 426. The van der Waals surface area contributed by atoms with Crippen molar-refractivity contribution in [1.82, 2.24) is 0 Å². The highest BCUT2D eigenvalue weighted by molar-refractivity contribution is 5.79. The quantitative estimate of drug-likeness (QED) is 0.733.